The SMILES string of the molecule is CN=C(NCCCCSC)NCC(C)(C)OC. The highest BCUT2D eigenvalue weighted by atomic mass is 32.2. The molecule has 5 heteroatoms. The molecule has 17 heavy (non-hydrogen) atoms. The molecule has 0 heterocycles. The standard InChI is InChI=1S/C12H27N3OS/c1-12(2,16-4)10-15-11(13-3)14-8-6-7-9-17-5/h6-10H2,1-5H3,(H2,13,14,15). The fourth-order valence-electron chi connectivity index (χ4n) is 1.17. The van der Waals surface area contributed by atoms with Crippen LogP contribution < -0.4 is 10.6 Å². The summed E-state index contributed by atoms with van der Waals surface area (Å²) >= 11 is 1.89. The van der Waals surface area contributed by atoms with Crippen molar-refractivity contribution >= 4 is 17.7 Å². The fourth-order valence-corrected chi connectivity index (χ4v) is 1.66. The topological polar surface area (TPSA) is 45.7 Å². The molecular formula is C12H27N3OS. The van der Waals surface area contributed by atoms with Crippen LogP contribution in [0, 0.1) is 0 Å². The molecule has 2 N–H and O–H groups in total. The minimum Gasteiger partial charge on any atom is -0.377 e. The summed E-state index contributed by atoms with van der Waals surface area (Å²) in [5.41, 5.74) is -0.170. The van der Waals surface area contributed by atoms with Gasteiger partial charge in [-0.3, -0.25) is 4.99 Å². The second-order valence-electron chi connectivity index (χ2n) is 4.52. The molecule has 0 saturated heterocycles. The Bertz CT molecular complexity index is 220. The van der Waals surface area contributed by atoms with Gasteiger partial charge in [0.1, 0.15) is 0 Å². The summed E-state index contributed by atoms with van der Waals surface area (Å²) in [6, 6.07) is 0. The van der Waals surface area contributed by atoms with Gasteiger partial charge in [0.25, 0.3) is 0 Å². The second-order valence-corrected chi connectivity index (χ2v) is 5.50. The summed E-state index contributed by atoms with van der Waals surface area (Å²) in [6.07, 6.45) is 4.56. The maximum absolute atomic E-state index is 5.34. The van der Waals surface area contributed by atoms with Crippen LogP contribution in [0.15, 0.2) is 4.99 Å². The van der Waals surface area contributed by atoms with Gasteiger partial charge >= 0.3 is 0 Å². The second kappa shape index (κ2) is 9.59. The van der Waals surface area contributed by atoms with E-state index < -0.39 is 0 Å². The molecule has 0 bridgehead atoms. The summed E-state index contributed by atoms with van der Waals surface area (Å²) in [7, 11) is 3.51. The molecule has 0 amide bonds. The van der Waals surface area contributed by atoms with E-state index in [1.165, 1.54) is 18.6 Å². The summed E-state index contributed by atoms with van der Waals surface area (Å²) in [5.74, 6) is 2.07. The first kappa shape index (κ1) is 16.6. The van der Waals surface area contributed by atoms with Crippen molar-refractivity contribution in [1.82, 2.24) is 10.6 Å². The predicted molar refractivity (Wildman–Crippen MR) is 78.1 cm³/mol. The zero-order valence-electron chi connectivity index (χ0n) is 11.8. The first-order chi connectivity index (χ1) is 8.05. The minimum atomic E-state index is -0.170. The predicted octanol–water partition coefficient (Wildman–Crippen LogP) is 1.72. The van der Waals surface area contributed by atoms with Crippen LogP contribution >= 0.6 is 11.8 Å². The Hall–Kier alpha value is -0.420. The Balaban J connectivity index is 3.71. The lowest BCUT2D eigenvalue weighted by molar-refractivity contribution is 0.0268. The van der Waals surface area contributed by atoms with Crippen LogP contribution in [0.25, 0.3) is 0 Å². The van der Waals surface area contributed by atoms with Gasteiger partial charge in [-0.05, 0) is 38.7 Å². The average molecular weight is 261 g/mol. The Morgan fingerprint density at radius 2 is 2.00 bits per heavy atom. The molecule has 0 saturated carbocycles. The average Bonchev–Trinajstić information content (AvgIpc) is 2.32. The molecule has 0 spiro atoms. The van der Waals surface area contributed by atoms with Crippen molar-refractivity contribution in [1.29, 1.82) is 0 Å². The van der Waals surface area contributed by atoms with Gasteiger partial charge in [-0.15, -0.1) is 0 Å². The Morgan fingerprint density at radius 1 is 1.29 bits per heavy atom. The Morgan fingerprint density at radius 3 is 2.53 bits per heavy atom. The summed E-state index contributed by atoms with van der Waals surface area (Å²) < 4.78 is 5.34. The number of thioether (sulfide) groups is 1. The van der Waals surface area contributed by atoms with Gasteiger partial charge in [0.15, 0.2) is 5.96 Å². The third kappa shape index (κ3) is 9.30. The molecule has 0 aliphatic heterocycles. The van der Waals surface area contributed by atoms with Crippen LogP contribution in [-0.4, -0.2) is 50.8 Å². The maximum Gasteiger partial charge on any atom is 0.191 e. The number of nitrogens with one attached hydrogen (secondary N) is 2. The van der Waals surface area contributed by atoms with E-state index in [-0.39, 0.29) is 5.60 Å². The number of ether oxygens (including phenoxy) is 1. The molecular weight excluding hydrogens is 234 g/mol. The maximum atomic E-state index is 5.34. The minimum absolute atomic E-state index is 0.170. The highest BCUT2D eigenvalue weighted by Crippen LogP contribution is 2.04. The van der Waals surface area contributed by atoms with E-state index in [9.17, 15) is 0 Å². The van der Waals surface area contributed by atoms with Crippen molar-refractivity contribution < 1.29 is 4.74 Å². The fraction of sp³-hybridized carbons (Fsp3) is 0.917. The summed E-state index contributed by atoms with van der Waals surface area (Å²) in [6.45, 7) is 5.80. The van der Waals surface area contributed by atoms with Crippen molar-refractivity contribution in [3.05, 3.63) is 0 Å². The van der Waals surface area contributed by atoms with Crippen LogP contribution in [-0.2, 0) is 4.74 Å². The zero-order chi connectivity index (χ0) is 13.1. The molecule has 0 rings (SSSR count). The monoisotopic (exact) mass is 261 g/mol. The van der Waals surface area contributed by atoms with Gasteiger partial charge in [0.05, 0.1) is 5.60 Å². The van der Waals surface area contributed by atoms with Gasteiger partial charge in [-0.2, -0.15) is 11.8 Å². The van der Waals surface area contributed by atoms with Crippen LogP contribution in [0.3, 0.4) is 0 Å². The first-order valence-electron chi connectivity index (χ1n) is 6.04. The largest absolute Gasteiger partial charge is 0.377 e. The lowest BCUT2D eigenvalue weighted by atomic mass is 10.1. The van der Waals surface area contributed by atoms with Crippen molar-refractivity contribution in [2.75, 3.05) is 39.3 Å². The number of hydrogen-bond acceptors (Lipinski definition) is 3. The molecule has 0 aromatic rings. The lowest BCUT2D eigenvalue weighted by Crippen LogP contribution is -2.45. The van der Waals surface area contributed by atoms with Crippen molar-refractivity contribution in [2.24, 2.45) is 4.99 Å². The van der Waals surface area contributed by atoms with E-state index in [0.717, 1.165) is 19.0 Å². The van der Waals surface area contributed by atoms with Gasteiger partial charge in [-0.1, -0.05) is 0 Å². The van der Waals surface area contributed by atoms with Gasteiger partial charge in [0.2, 0.25) is 0 Å². The lowest BCUT2D eigenvalue weighted by Gasteiger charge is -2.24. The molecule has 0 aliphatic rings. The van der Waals surface area contributed by atoms with E-state index in [0.29, 0.717) is 0 Å². The van der Waals surface area contributed by atoms with Gasteiger partial charge < -0.3 is 15.4 Å². The molecule has 0 aliphatic carbocycles. The van der Waals surface area contributed by atoms with Crippen molar-refractivity contribution in [3.63, 3.8) is 0 Å². The van der Waals surface area contributed by atoms with E-state index in [1.54, 1.807) is 14.2 Å². The van der Waals surface area contributed by atoms with E-state index in [1.807, 2.05) is 25.6 Å². The number of aliphatic imine (C=N–C) groups is 1. The van der Waals surface area contributed by atoms with Gasteiger partial charge in [0, 0.05) is 27.2 Å². The molecule has 4 nitrogen and oxygen atoms in total. The summed E-state index contributed by atoms with van der Waals surface area (Å²) in [4.78, 5) is 4.18. The molecule has 0 unspecified atom stereocenters. The van der Waals surface area contributed by atoms with Crippen LogP contribution in [0.4, 0.5) is 0 Å². The number of rotatable bonds is 8. The molecule has 102 valence electrons. The third-order valence-corrected chi connectivity index (χ3v) is 3.22. The zero-order valence-corrected chi connectivity index (χ0v) is 12.6. The number of guanidine groups is 1. The Labute approximate surface area is 110 Å². The number of hydrogen-bond donors (Lipinski definition) is 2. The molecule has 0 aromatic carbocycles. The first-order valence-corrected chi connectivity index (χ1v) is 7.43. The number of nitrogens with zero attached hydrogens (tertiary/aromatic N) is 1. The third-order valence-electron chi connectivity index (χ3n) is 2.53. The van der Waals surface area contributed by atoms with Crippen LogP contribution in [0.5, 0.6) is 0 Å². The smallest absolute Gasteiger partial charge is 0.191 e. The van der Waals surface area contributed by atoms with Crippen molar-refractivity contribution in [2.45, 2.75) is 32.3 Å². The van der Waals surface area contributed by atoms with Crippen LogP contribution in [0.1, 0.15) is 26.7 Å². The molecule has 0 fully saturated rings. The van der Waals surface area contributed by atoms with Crippen LogP contribution in [0.2, 0.25) is 0 Å². The normalized spacial score (nSPS) is 12.6. The highest BCUT2D eigenvalue weighted by Gasteiger charge is 2.16. The van der Waals surface area contributed by atoms with E-state index in [2.05, 4.69) is 21.9 Å². The van der Waals surface area contributed by atoms with E-state index in [4.69, 9.17) is 4.74 Å². The van der Waals surface area contributed by atoms with Crippen molar-refractivity contribution in [3.8, 4) is 0 Å². The Kier molecular flexibility index (Phi) is 9.36. The highest BCUT2D eigenvalue weighted by molar-refractivity contribution is 7.98. The quantitative estimate of drug-likeness (QED) is 0.397. The number of methoxy groups -OCH3 is 1. The summed E-state index contributed by atoms with van der Waals surface area (Å²) in [5, 5.41) is 6.56. The van der Waals surface area contributed by atoms with Gasteiger partial charge in [-0.25, -0.2) is 0 Å². The molecule has 0 radical (unpaired) electrons. The molecule has 0 atom stereocenters. The molecule has 0 aromatic heterocycles. The number of unbranched alkanes of at least 4 members (excludes halogenated alkanes) is 1. The van der Waals surface area contributed by atoms with E-state index >= 15 is 0 Å².